The van der Waals surface area contributed by atoms with Gasteiger partial charge in [0, 0.05) is 31.6 Å². The highest BCUT2D eigenvalue weighted by molar-refractivity contribution is 6.35. The molecule has 3 nitrogen and oxygen atoms in total. The van der Waals surface area contributed by atoms with Crippen molar-refractivity contribution in [1.82, 2.24) is 10.3 Å². The van der Waals surface area contributed by atoms with Gasteiger partial charge >= 0.3 is 0 Å². The molecule has 0 radical (unpaired) electrons. The van der Waals surface area contributed by atoms with E-state index in [4.69, 9.17) is 11.6 Å². The third-order valence-electron chi connectivity index (χ3n) is 3.41. The average molecular weight is 298 g/mol. The number of halogens is 2. The fraction of sp³-hybridized carbons (Fsp3) is 0.357. The zero-order chi connectivity index (χ0) is 12.5. The van der Waals surface area contributed by atoms with E-state index in [9.17, 15) is 0 Å². The molecule has 0 unspecified atom stereocenters. The fourth-order valence-corrected chi connectivity index (χ4v) is 2.75. The van der Waals surface area contributed by atoms with Crippen LogP contribution in [-0.4, -0.2) is 31.2 Å². The van der Waals surface area contributed by atoms with Crippen LogP contribution in [0.5, 0.6) is 0 Å². The third-order valence-corrected chi connectivity index (χ3v) is 3.86. The molecule has 3 rings (SSSR count). The SMILES string of the molecule is Cc1nc2ccccc2c(N2CCNCC2)c1Cl.Cl. The molecule has 0 bridgehead atoms. The van der Waals surface area contributed by atoms with Crippen molar-refractivity contribution in [2.24, 2.45) is 0 Å². The zero-order valence-corrected chi connectivity index (χ0v) is 12.4. The van der Waals surface area contributed by atoms with E-state index in [0.717, 1.165) is 53.5 Å². The van der Waals surface area contributed by atoms with Crippen LogP contribution in [0.4, 0.5) is 5.69 Å². The first-order valence-electron chi connectivity index (χ1n) is 6.28. The normalized spacial score (nSPS) is 15.4. The largest absolute Gasteiger partial charge is 0.367 e. The monoisotopic (exact) mass is 297 g/mol. The summed E-state index contributed by atoms with van der Waals surface area (Å²) in [5, 5.41) is 5.30. The Bertz CT molecular complexity index is 580. The number of hydrogen-bond acceptors (Lipinski definition) is 3. The van der Waals surface area contributed by atoms with Gasteiger partial charge in [0.15, 0.2) is 0 Å². The lowest BCUT2D eigenvalue weighted by Gasteiger charge is -2.31. The number of rotatable bonds is 1. The van der Waals surface area contributed by atoms with E-state index in [0.29, 0.717) is 0 Å². The van der Waals surface area contributed by atoms with Crippen LogP contribution in [0.15, 0.2) is 24.3 Å². The molecule has 19 heavy (non-hydrogen) atoms. The number of para-hydroxylation sites is 1. The number of piperazine rings is 1. The Balaban J connectivity index is 0.00000133. The van der Waals surface area contributed by atoms with Crippen molar-refractivity contribution in [3.8, 4) is 0 Å². The molecule has 1 aliphatic rings. The van der Waals surface area contributed by atoms with E-state index < -0.39 is 0 Å². The van der Waals surface area contributed by atoms with E-state index in [-0.39, 0.29) is 12.4 Å². The highest BCUT2D eigenvalue weighted by atomic mass is 35.5. The Morgan fingerprint density at radius 3 is 2.63 bits per heavy atom. The van der Waals surface area contributed by atoms with Crippen LogP contribution >= 0.6 is 24.0 Å². The average Bonchev–Trinajstić information content (AvgIpc) is 2.41. The minimum Gasteiger partial charge on any atom is -0.367 e. The molecule has 0 spiro atoms. The lowest BCUT2D eigenvalue weighted by Crippen LogP contribution is -2.43. The van der Waals surface area contributed by atoms with Crippen LogP contribution in [0.25, 0.3) is 10.9 Å². The summed E-state index contributed by atoms with van der Waals surface area (Å²) in [6, 6.07) is 8.21. The van der Waals surface area contributed by atoms with E-state index >= 15 is 0 Å². The molecule has 1 saturated heterocycles. The Morgan fingerprint density at radius 2 is 1.89 bits per heavy atom. The number of aromatic nitrogens is 1. The predicted octanol–water partition coefficient (Wildman–Crippen LogP) is 3.03. The summed E-state index contributed by atoms with van der Waals surface area (Å²) < 4.78 is 0. The number of fused-ring (bicyclic) bond motifs is 1. The number of benzene rings is 1. The first-order valence-corrected chi connectivity index (χ1v) is 6.65. The fourth-order valence-electron chi connectivity index (χ4n) is 2.49. The summed E-state index contributed by atoms with van der Waals surface area (Å²) in [5.41, 5.74) is 3.07. The number of pyridine rings is 1. The van der Waals surface area contributed by atoms with Gasteiger partial charge in [-0.2, -0.15) is 0 Å². The molecule has 1 N–H and O–H groups in total. The smallest absolute Gasteiger partial charge is 0.0858 e. The van der Waals surface area contributed by atoms with E-state index in [1.165, 1.54) is 0 Å². The summed E-state index contributed by atoms with van der Waals surface area (Å²) in [7, 11) is 0. The Kier molecular flexibility index (Phi) is 4.50. The molecule has 1 aromatic carbocycles. The van der Waals surface area contributed by atoms with Gasteiger partial charge in [0.05, 0.1) is 21.9 Å². The molecular formula is C14H17Cl2N3. The van der Waals surface area contributed by atoms with E-state index in [2.05, 4.69) is 21.3 Å². The molecule has 1 aliphatic heterocycles. The van der Waals surface area contributed by atoms with E-state index in [1.807, 2.05) is 25.1 Å². The quantitative estimate of drug-likeness (QED) is 0.877. The van der Waals surface area contributed by atoms with Crippen LogP contribution < -0.4 is 10.2 Å². The van der Waals surface area contributed by atoms with Crippen LogP contribution in [0.1, 0.15) is 5.69 Å². The Morgan fingerprint density at radius 1 is 1.21 bits per heavy atom. The van der Waals surface area contributed by atoms with Crippen molar-refractivity contribution in [3.05, 3.63) is 35.0 Å². The second kappa shape index (κ2) is 5.95. The van der Waals surface area contributed by atoms with Gasteiger partial charge in [0.1, 0.15) is 0 Å². The molecule has 102 valence electrons. The van der Waals surface area contributed by atoms with Gasteiger partial charge in [-0.3, -0.25) is 4.98 Å². The first kappa shape index (κ1) is 14.4. The maximum atomic E-state index is 6.48. The highest BCUT2D eigenvalue weighted by Gasteiger charge is 2.18. The van der Waals surface area contributed by atoms with Crippen molar-refractivity contribution in [2.45, 2.75) is 6.92 Å². The van der Waals surface area contributed by atoms with Crippen molar-refractivity contribution >= 4 is 40.6 Å². The molecule has 0 aliphatic carbocycles. The molecule has 2 aromatic rings. The van der Waals surface area contributed by atoms with Crippen LogP contribution in [-0.2, 0) is 0 Å². The summed E-state index contributed by atoms with van der Waals surface area (Å²) in [6.45, 7) is 5.97. The van der Waals surface area contributed by atoms with Gasteiger partial charge in [0.2, 0.25) is 0 Å². The third kappa shape index (κ3) is 2.64. The van der Waals surface area contributed by atoms with Gasteiger partial charge in [0.25, 0.3) is 0 Å². The van der Waals surface area contributed by atoms with Crippen LogP contribution in [0, 0.1) is 6.92 Å². The molecule has 0 amide bonds. The molecule has 5 heteroatoms. The first-order chi connectivity index (χ1) is 8.77. The summed E-state index contributed by atoms with van der Waals surface area (Å²) >= 11 is 6.48. The maximum absolute atomic E-state index is 6.48. The topological polar surface area (TPSA) is 28.2 Å². The number of nitrogens with one attached hydrogen (secondary N) is 1. The van der Waals surface area contributed by atoms with Crippen LogP contribution in [0.3, 0.4) is 0 Å². The Hall–Kier alpha value is -1.03. The van der Waals surface area contributed by atoms with Gasteiger partial charge < -0.3 is 10.2 Å². The van der Waals surface area contributed by atoms with Crippen LogP contribution in [0.2, 0.25) is 5.02 Å². The summed E-state index contributed by atoms with van der Waals surface area (Å²) in [5.74, 6) is 0. The second-order valence-corrected chi connectivity index (χ2v) is 4.99. The lowest BCUT2D eigenvalue weighted by atomic mass is 10.1. The van der Waals surface area contributed by atoms with Gasteiger partial charge in [-0.25, -0.2) is 0 Å². The lowest BCUT2D eigenvalue weighted by molar-refractivity contribution is 0.590. The number of anilines is 1. The second-order valence-electron chi connectivity index (χ2n) is 4.61. The zero-order valence-electron chi connectivity index (χ0n) is 10.8. The summed E-state index contributed by atoms with van der Waals surface area (Å²) in [4.78, 5) is 6.91. The minimum atomic E-state index is 0. The van der Waals surface area contributed by atoms with Crippen molar-refractivity contribution in [1.29, 1.82) is 0 Å². The molecule has 1 aromatic heterocycles. The highest BCUT2D eigenvalue weighted by Crippen LogP contribution is 2.35. The number of aryl methyl sites for hydroxylation is 1. The Labute approximate surface area is 124 Å². The molecule has 0 atom stereocenters. The van der Waals surface area contributed by atoms with E-state index in [1.54, 1.807) is 0 Å². The van der Waals surface area contributed by atoms with Gasteiger partial charge in [-0.05, 0) is 13.0 Å². The molecule has 0 saturated carbocycles. The van der Waals surface area contributed by atoms with Crippen molar-refractivity contribution < 1.29 is 0 Å². The number of nitrogens with zero attached hydrogens (tertiary/aromatic N) is 2. The summed E-state index contributed by atoms with van der Waals surface area (Å²) in [6.07, 6.45) is 0. The number of hydrogen-bond donors (Lipinski definition) is 1. The van der Waals surface area contributed by atoms with Crippen molar-refractivity contribution in [3.63, 3.8) is 0 Å². The van der Waals surface area contributed by atoms with Gasteiger partial charge in [-0.15, -0.1) is 12.4 Å². The molecular weight excluding hydrogens is 281 g/mol. The molecule has 1 fully saturated rings. The van der Waals surface area contributed by atoms with Gasteiger partial charge in [-0.1, -0.05) is 29.8 Å². The maximum Gasteiger partial charge on any atom is 0.0858 e. The van der Waals surface area contributed by atoms with Crippen molar-refractivity contribution in [2.75, 3.05) is 31.1 Å². The standard InChI is InChI=1S/C14H16ClN3.ClH/c1-10-13(15)14(18-8-6-16-7-9-18)11-4-2-3-5-12(11)17-10;/h2-5,16H,6-9H2,1H3;1H. The minimum absolute atomic E-state index is 0. The molecule has 2 heterocycles. The predicted molar refractivity (Wildman–Crippen MR) is 83.8 cm³/mol.